The fourth-order valence-corrected chi connectivity index (χ4v) is 4.44. The maximum atomic E-state index is 11.4. The summed E-state index contributed by atoms with van der Waals surface area (Å²) in [5, 5.41) is 5.15. The van der Waals surface area contributed by atoms with E-state index in [2.05, 4.69) is 46.3 Å². The number of aryl methyl sites for hydroxylation is 1. The van der Waals surface area contributed by atoms with Crippen molar-refractivity contribution in [1.29, 1.82) is 0 Å². The molecular formula is C27H42N4O3S. The summed E-state index contributed by atoms with van der Waals surface area (Å²) in [7, 11) is 3.21. The molecule has 0 radical (unpaired) electrons. The van der Waals surface area contributed by atoms with E-state index >= 15 is 0 Å². The van der Waals surface area contributed by atoms with Gasteiger partial charge >= 0.3 is 5.97 Å². The Hall–Kier alpha value is -2.35. The van der Waals surface area contributed by atoms with Crippen molar-refractivity contribution < 1.29 is 14.3 Å². The molecule has 2 rings (SSSR count). The molecule has 7 nitrogen and oxygen atoms in total. The van der Waals surface area contributed by atoms with Crippen LogP contribution in [0.4, 0.5) is 0 Å². The molecule has 0 saturated carbocycles. The molecule has 35 heavy (non-hydrogen) atoms. The van der Waals surface area contributed by atoms with E-state index < -0.39 is 0 Å². The SMILES string of the molecule is CCCCC/C=C\C/C=C\CCCCCCCCOc1c2ncnc(SCC(=O)OC)c2nn1C. The molecule has 0 bridgehead atoms. The Morgan fingerprint density at radius 3 is 2.34 bits per heavy atom. The molecule has 2 aromatic rings. The fourth-order valence-electron chi connectivity index (χ4n) is 3.67. The molecular weight excluding hydrogens is 460 g/mol. The van der Waals surface area contributed by atoms with Crippen LogP contribution in [0.25, 0.3) is 11.0 Å². The van der Waals surface area contributed by atoms with Gasteiger partial charge in [-0.3, -0.25) is 4.79 Å². The molecule has 0 N–H and O–H groups in total. The van der Waals surface area contributed by atoms with Crippen LogP contribution in [0.15, 0.2) is 35.7 Å². The van der Waals surface area contributed by atoms with Gasteiger partial charge in [0.25, 0.3) is 0 Å². The molecule has 0 aliphatic heterocycles. The van der Waals surface area contributed by atoms with E-state index in [1.165, 1.54) is 83.0 Å². The Balaban J connectivity index is 1.56. The summed E-state index contributed by atoms with van der Waals surface area (Å²) in [6, 6.07) is 0. The van der Waals surface area contributed by atoms with Gasteiger partial charge in [0, 0.05) is 7.05 Å². The normalized spacial score (nSPS) is 11.7. The van der Waals surface area contributed by atoms with Gasteiger partial charge in [0.15, 0.2) is 5.52 Å². The Bertz CT molecular complexity index is 927. The summed E-state index contributed by atoms with van der Waals surface area (Å²) in [6.07, 6.45) is 25.3. The van der Waals surface area contributed by atoms with Crippen molar-refractivity contribution in [2.75, 3.05) is 19.5 Å². The lowest BCUT2D eigenvalue weighted by Crippen LogP contribution is -2.03. The zero-order valence-corrected chi connectivity index (χ0v) is 22.5. The molecule has 0 spiro atoms. The summed E-state index contributed by atoms with van der Waals surface area (Å²) in [4.78, 5) is 20.0. The van der Waals surface area contributed by atoms with Crippen molar-refractivity contribution in [3.63, 3.8) is 0 Å². The number of unbranched alkanes of at least 4 members (excludes halogenated alkanes) is 9. The molecule has 0 unspecified atom stereocenters. The summed E-state index contributed by atoms with van der Waals surface area (Å²) in [5.41, 5.74) is 1.32. The summed E-state index contributed by atoms with van der Waals surface area (Å²) < 4.78 is 12.4. The third-order valence-corrected chi connectivity index (χ3v) is 6.63. The van der Waals surface area contributed by atoms with Crippen LogP contribution >= 0.6 is 11.8 Å². The van der Waals surface area contributed by atoms with Gasteiger partial charge in [-0.1, -0.05) is 81.5 Å². The van der Waals surface area contributed by atoms with Crippen molar-refractivity contribution in [1.82, 2.24) is 19.7 Å². The van der Waals surface area contributed by atoms with Crippen molar-refractivity contribution in [3.05, 3.63) is 30.6 Å². The largest absolute Gasteiger partial charge is 0.476 e. The number of aromatic nitrogens is 4. The summed E-state index contributed by atoms with van der Waals surface area (Å²) >= 11 is 1.29. The third-order valence-electron chi connectivity index (χ3n) is 5.67. The second kappa shape index (κ2) is 18.0. The first-order valence-corrected chi connectivity index (χ1v) is 14.0. The molecule has 0 aliphatic carbocycles. The minimum absolute atomic E-state index is 0.183. The van der Waals surface area contributed by atoms with Gasteiger partial charge in [-0.15, -0.1) is 0 Å². The summed E-state index contributed by atoms with van der Waals surface area (Å²) in [5.74, 6) is 0.527. The first-order chi connectivity index (χ1) is 17.2. The number of nitrogens with zero attached hydrogens (tertiary/aromatic N) is 4. The average Bonchev–Trinajstić information content (AvgIpc) is 3.19. The highest BCUT2D eigenvalue weighted by molar-refractivity contribution is 8.00. The van der Waals surface area contributed by atoms with E-state index in [1.54, 1.807) is 4.68 Å². The average molecular weight is 503 g/mol. The van der Waals surface area contributed by atoms with Gasteiger partial charge in [0.1, 0.15) is 16.9 Å². The zero-order valence-electron chi connectivity index (χ0n) is 21.7. The summed E-state index contributed by atoms with van der Waals surface area (Å²) in [6.45, 7) is 2.88. The first kappa shape index (κ1) is 28.9. The number of hydrogen-bond acceptors (Lipinski definition) is 7. The van der Waals surface area contributed by atoms with Crippen molar-refractivity contribution in [3.8, 4) is 5.88 Å². The zero-order chi connectivity index (χ0) is 25.1. The van der Waals surface area contributed by atoms with E-state index in [-0.39, 0.29) is 11.7 Å². The standard InChI is InChI=1S/C27H42N4O3S/c1-4-5-6-7-8-9-10-11-12-13-14-15-16-17-18-19-20-34-27-25-24(30-31(27)2)26(29-22-28-25)35-21-23(32)33-3/h8-9,11-12,22H,4-7,10,13-21H2,1-3H3/b9-8-,12-11-. The Morgan fingerprint density at radius 2 is 1.63 bits per heavy atom. The predicted octanol–water partition coefficient (Wildman–Crippen LogP) is 6.82. The van der Waals surface area contributed by atoms with Gasteiger partial charge in [0.2, 0.25) is 5.88 Å². The predicted molar refractivity (Wildman–Crippen MR) is 144 cm³/mol. The van der Waals surface area contributed by atoms with Crippen LogP contribution in [0.5, 0.6) is 5.88 Å². The molecule has 0 saturated heterocycles. The van der Waals surface area contributed by atoms with Crippen LogP contribution in [-0.2, 0) is 16.6 Å². The lowest BCUT2D eigenvalue weighted by atomic mass is 10.1. The fraction of sp³-hybridized carbons (Fsp3) is 0.630. The number of fused-ring (bicyclic) bond motifs is 1. The number of carbonyl (C=O) groups is 1. The number of esters is 1. The molecule has 2 aromatic heterocycles. The van der Waals surface area contributed by atoms with Crippen LogP contribution in [-0.4, -0.2) is 45.2 Å². The number of hydrogen-bond donors (Lipinski definition) is 0. The smallest absolute Gasteiger partial charge is 0.316 e. The first-order valence-electron chi connectivity index (χ1n) is 13.0. The monoisotopic (exact) mass is 502 g/mol. The number of carbonyl (C=O) groups excluding carboxylic acids is 1. The van der Waals surface area contributed by atoms with E-state index in [4.69, 9.17) is 9.47 Å². The molecule has 194 valence electrons. The quantitative estimate of drug-likeness (QED) is 0.0685. The van der Waals surface area contributed by atoms with Crippen LogP contribution in [0.1, 0.15) is 84.0 Å². The van der Waals surface area contributed by atoms with Crippen molar-refractivity contribution >= 4 is 28.8 Å². The highest BCUT2D eigenvalue weighted by Crippen LogP contribution is 2.29. The van der Waals surface area contributed by atoms with Crippen molar-refractivity contribution in [2.24, 2.45) is 7.05 Å². The maximum absolute atomic E-state index is 11.4. The second-order valence-electron chi connectivity index (χ2n) is 8.60. The topological polar surface area (TPSA) is 79.1 Å². The number of methoxy groups -OCH3 is 1. The molecule has 8 heteroatoms. The van der Waals surface area contributed by atoms with Gasteiger partial charge in [-0.2, -0.15) is 5.10 Å². The molecule has 0 aliphatic rings. The highest BCUT2D eigenvalue weighted by Gasteiger charge is 2.17. The lowest BCUT2D eigenvalue weighted by molar-refractivity contribution is -0.137. The Kier molecular flexibility index (Phi) is 14.8. The molecule has 0 aromatic carbocycles. The van der Waals surface area contributed by atoms with Crippen LogP contribution in [0.3, 0.4) is 0 Å². The van der Waals surface area contributed by atoms with Gasteiger partial charge in [-0.05, 0) is 38.5 Å². The van der Waals surface area contributed by atoms with Crippen molar-refractivity contribution in [2.45, 2.75) is 89.0 Å². The Morgan fingerprint density at radius 1 is 0.943 bits per heavy atom. The van der Waals surface area contributed by atoms with Gasteiger partial charge < -0.3 is 9.47 Å². The van der Waals surface area contributed by atoms with Crippen LogP contribution in [0.2, 0.25) is 0 Å². The van der Waals surface area contributed by atoms with Crippen LogP contribution in [0, 0.1) is 0 Å². The number of ether oxygens (including phenoxy) is 2. The molecule has 0 fully saturated rings. The lowest BCUT2D eigenvalue weighted by Gasteiger charge is -2.06. The molecule has 2 heterocycles. The Labute approximate surface area is 214 Å². The number of thioether (sulfide) groups is 1. The molecule has 0 atom stereocenters. The molecule has 0 amide bonds. The van der Waals surface area contributed by atoms with Gasteiger partial charge in [-0.25, -0.2) is 14.6 Å². The number of rotatable bonds is 19. The van der Waals surface area contributed by atoms with E-state index in [0.29, 0.717) is 28.5 Å². The van der Waals surface area contributed by atoms with E-state index in [9.17, 15) is 4.79 Å². The minimum atomic E-state index is -0.299. The number of allylic oxidation sites excluding steroid dienone is 4. The van der Waals surface area contributed by atoms with E-state index in [1.807, 2.05) is 7.05 Å². The third kappa shape index (κ3) is 11.3. The van der Waals surface area contributed by atoms with Gasteiger partial charge in [0.05, 0.1) is 19.5 Å². The van der Waals surface area contributed by atoms with Crippen LogP contribution < -0.4 is 4.74 Å². The highest BCUT2D eigenvalue weighted by atomic mass is 32.2. The maximum Gasteiger partial charge on any atom is 0.316 e. The second-order valence-corrected chi connectivity index (χ2v) is 9.57. The minimum Gasteiger partial charge on any atom is -0.476 e. The van der Waals surface area contributed by atoms with E-state index in [0.717, 1.165) is 19.3 Å².